The third-order valence-electron chi connectivity index (χ3n) is 3.09. The Hall–Kier alpha value is -1.75. The second kappa shape index (κ2) is 5.48. The van der Waals surface area contributed by atoms with Gasteiger partial charge in [-0.1, -0.05) is 0 Å². The summed E-state index contributed by atoms with van der Waals surface area (Å²) >= 11 is 0. The second-order valence-electron chi connectivity index (χ2n) is 4.84. The summed E-state index contributed by atoms with van der Waals surface area (Å²) in [4.78, 5) is 11.3. The molecule has 0 aromatic heterocycles. The summed E-state index contributed by atoms with van der Waals surface area (Å²) in [5.74, 6) is 0.367. The van der Waals surface area contributed by atoms with Crippen LogP contribution in [0.15, 0.2) is 12.1 Å². The monoisotopic (exact) mass is 265 g/mol. The van der Waals surface area contributed by atoms with Crippen molar-refractivity contribution in [3.8, 4) is 11.5 Å². The smallest absolute Gasteiger partial charge is 0.325 e. The Bertz CT molecular complexity index is 485. The van der Waals surface area contributed by atoms with Crippen molar-refractivity contribution in [1.29, 1.82) is 0 Å². The summed E-state index contributed by atoms with van der Waals surface area (Å²) in [5.41, 5.74) is 1.76. The van der Waals surface area contributed by atoms with Crippen LogP contribution < -0.4 is 14.8 Å². The normalized spacial score (nSPS) is 18.0. The predicted molar refractivity (Wildman–Crippen MR) is 70.8 cm³/mol. The number of carboxylic acid groups (broad SMARTS) is 1. The van der Waals surface area contributed by atoms with Gasteiger partial charge in [0.1, 0.15) is 6.04 Å². The van der Waals surface area contributed by atoms with Gasteiger partial charge in [0.05, 0.1) is 13.2 Å². The summed E-state index contributed by atoms with van der Waals surface area (Å²) < 4.78 is 11.0. The first-order valence-electron chi connectivity index (χ1n) is 6.36. The fourth-order valence-electron chi connectivity index (χ4n) is 2.29. The number of methoxy groups -OCH3 is 1. The molecule has 0 spiro atoms. The molecule has 2 N–H and O–H groups in total. The lowest BCUT2D eigenvalue weighted by atomic mass is 9.93. The number of hydrogen-bond acceptors (Lipinski definition) is 4. The first kappa shape index (κ1) is 13.7. The van der Waals surface area contributed by atoms with Gasteiger partial charge in [0.25, 0.3) is 0 Å². The molecule has 0 fully saturated rings. The van der Waals surface area contributed by atoms with Gasteiger partial charge in [-0.25, -0.2) is 0 Å². The van der Waals surface area contributed by atoms with E-state index < -0.39 is 12.0 Å². The minimum Gasteiger partial charge on any atom is -0.493 e. The number of benzene rings is 1. The van der Waals surface area contributed by atoms with Crippen molar-refractivity contribution in [2.75, 3.05) is 13.7 Å². The molecule has 104 valence electrons. The summed E-state index contributed by atoms with van der Waals surface area (Å²) in [6.07, 6.45) is 0.795. The minimum absolute atomic E-state index is 0.00628. The van der Waals surface area contributed by atoms with Crippen molar-refractivity contribution in [2.45, 2.75) is 32.4 Å². The first-order valence-corrected chi connectivity index (χ1v) is 6.36. The van der Waals surface area contributed by atoms with E-state index in [0.717, 1.165) is 17.5 Å². The molecule has 1 aromatic carbocycles. The molecular weight excluding hydrogens is 246 g/mol. The molecule has 0 saturated carbocycles. The third kappa shape index (κ3) is 2.81. The number of aliphatic carboxylic acids is 1. The van der Waals surface area contributed by atoms with Gasteiger partial charge in [0.15, 0.2) is 11.5 Å². The van der Waals surface area contributed by atoms with Crippen LogP contribution in [0.5, 0.6) is 11.5 Å². The van der Waals surface area contributed by atoms with Crippen LogP contribution in [0.4, 0.5) is 0 Å². The SMILES string of the molecule is COc1cc2c(cc1OC(C)C)C(C(=O)O)NCC2. The van der Waals surface area contributed by atoms with E-state index in [-0.39, 0.29) is 6.10 Å². The van der Waals surface area contributed by atoms with E-state index in [1.54, 1.807) is 13.2 Å². The zero-order valence-electron chi connectivity index (χ0n) is 11.4. The molecule has 1 aromatic rings. The average Bonchev–Trinajstić information content (AvgIpc) is 2.36. The molecule has 1 atom stereocenters. The molecule has 0 aliphatic carbocycles. The lowest BCUT2D eigenvalue weighted by Gasteiger charge is -2.26. The van der Waals surface area contributed by atoms with Crippen LogP contribution in [0.25, 0.3) is 0 Å². The lowest BCUT2D eigenvalue weighted by molar-refractivity contribution is -0.139. The number of rotatable bonds is 4. The highest BCUT2D eigenvalue weighted by Crippen LogP contribution is 2.35. The Morgan fingerprint density at radius 3 is 2.74 bits per heavy atom. The van der Waals surface area contributed by atoms with Gasteiger partial charge in [-0.3, -0.25) is 4.79 Å². The number of carbonyl (C=O) groups is 1. The Kier molecular flexibility index (Phi) is 3.95. The van der Waals surface area contributed by atoms with Crippen LogP contribution in [0.3, 0.4) is 0 Å². The molecule has 0 saturated heterocycles. The highest BCUT2D eigenvalue weighted by Gasteiger charge is 2.27. The zero-order chi connectivity index (χ0) is 14.0. The highest BCUT2D eigenvalue weighted by molar-refractivity contribution is 5.77. The maximum absolute atomic E-state index is 11.3. The first-order chi connectivity index (χ1) is 9.02. The lowest BCUT2D eigenvalue weighted by Crippen LogP contribution is -2.35. The fourth-order valence-corrected chi connectivity index (χ4v) is 2.29. The predicted octanol–water partition coefficient (Wildman–Crippen LogP) is 1.75. The van der Waals surface area contributed by atoms with E-state index >= 15 is 0 Å². The van der Waals surface area contributed by atoms with E-state index in [1.165, 1.54) is 0 Å². The van der Waals surface area contributed by atoms with Gasteiger partial charge in [0, 0.05) is 6.54 Å². The molecule has 5 heteroatoms. The highest BCUT2D eigenvalue weighted by atomic mass is 16.5. The Labute approximate surface area is 112 Å². The largest absolute Gasteiger partial charge is 0.493 e. The van der Waals surface area contributed by atoms with Crippen molar-refractivity contribution in [1.82, 2.24) is 5.32 Å². The van der Waals surface area contributed by atoms with Gasteiger partial charge >= 0.3 is 5.97 Å². The fraction of sp³-hybridized carbons (Fsp3) is 0.500. The quantitative estimate of drug-likeness (QED) is 0.868. The summed E-state index contributed by atoms with van der Waals surface area (Å²) in [5, 5.41) is 12.2. The van der Waals surface area contributed by atoms with Gasteiger partial charge in [-0.15, -0.1) is 0 Å². The Morgan fingerprint density at radius 2 is 2.16 bits per heavy atom. The molecule has 1 heterocycles. The van der Waals surface area contributed by atoms with Crippen molar-refractivity contribution in [3.63, 3.8) is 0 Å². The van der Waals surface area contributed by atoms with Gasteiger partial charge in [-0.2, -0.15) is 0 Å². The molecule has 0 radical (unpaired) electrons. The topological polar surface area (TPSA) is 67.8 Å². The van der Waals surface area contributed by atoms with E-state index in [1.807, 2.05) is 19.9 Å². The summed E-state index contributed by atoms with van der Waals surface area (Å²) in [6.45, 7) is 4.50. The molecule has 19 heavy (non-hydrogen) atoms. The molecule has 1 unspecified atom stereocenters. The number of carboxylic acids is 1. The van der Waals surface area contributed by atoms with Crippen LogP contribution in [0.1, 0.15) is 31.0 Å². The number of ether oxygens (including phenoxy) is 2. The van der Waals surface area contributed by atoms with Crippen LogP contribution in [0, 0.1) is 0 Å². The van der Waals surface area contributed by atoms with E-state index in [9.17, 15) is 9.90 Å². The van der Waals surface area contributed by atoms with Crippen molar-refractivity contribution < 1.29 is 19.4 Å². The van der Waals surface area contributed by atoms with Gasteiger partial charge in [0.2, 0.25) is 0 Å². The van der Waals surface area contributed by atoms with Crippen LogP contribution in [0.2, 0.25) is 0 Å². The van der Waals surface area contributed by atoms with Gasteiger partial charge in [-0.05, 0) is 43.5 Å². The molecule has 2 rings (SSSR count). The maximum Gasteiger partial charge on any atom is 0.325 e. The Morgan fingerprint density at radius 1 is 1.42 bits per heavy atom. The Balaban J connectivity index is 2.46. The zero-order valence-corrected chi connectivity index (χ0v) is 11.4. The van der Waals surface area contributed by atoms with Crippen molar-refractivity contribution in [2.24, 2.45) is 0 Å². The maximum atomic E-state index is 11.3. The van der Waals surface area contributed by atoms with Crippen molar-refractivity contribution >= 4 is 5.97 Å². The van der Waals surface area contributed by atoms with Crippen LogP contribution in [-0.4, -0.2) is 30.8 Å². The standard InChI is InChI=1S/C14H19NO4/c1-8(2)19-12-7-10-9(6-11(12)18-3)4-5-15-13(10)14(16)17/h6-8,13,15H,4-5H2,1-3H3,(H,16,17). The van der Waals surface area contributed by atoms with E-state index in [2.05, 4.69) is 5.32 Å². The summed E-state index contributed by atoms with van der Waals surface area (Å²) in [7, 11) is 1.59. The number of fused-ring (bicyclic) bond motifs is 1. The molecular formula is C14H19NO4. The molecule has 0 bridgehead atoms. The second-order valence-corrected chi connectivity index (χ2v) is 4.84. The molecule has 1 aliphatic heterocycles. The molecule has 0 amide bonds. The van der Waals surface area contributed by atoms with Crippen LogP contribution >= 0.6 is 0 Å². The van der Waals surface area contributed by atoms with E-state index in [4.69, 9.17) is 9.47 Å². The number of hydrogen-bond donors (Lipinski definition) is 2. The minimum atomic E-state index is -0.874. The molecule has 1 aliphatic rings. The average molecular weight is 265 g/mol. The third-order valence-corrected chi connectivity index (χ3v) is 3.09. The summed E-state index contributed by atoms with van der Waals surface area (Å²) in [6, 6.07) is 2.98. The molecule has 5 nitrogen and oxygen atoms in total. The van der Waals surface area contributed by atoms with Crippen molar-refractivity contribution in [3.05, 3.63) is 23.3 Å². The van der Waals surface area contributed by atoms with E-state index in [0.29, 0.717) is 18.0 Å². The van der Waals surface area contributed by atoms with Gasteiger partial charge < -0.3 is 19.9 Å². The number of nitrogens with one attached hydrogen (secondary N) is 1. The van der Waals surface area contributed by atoms with Crippen LogP contribution in [-0.2, 0) is 11.2 Å².